The molecule has 0 aromatic heterocycles. The molecule has 2 unspecified atom stereocenters. The number of amides is 1. The van der Waals surface area contributed by atoms with E-state index in [1.54, 1.807) is 30.3 Å². The Labute approximate surface area is 203 Å². The van der Waals surface area contributed by atoms with E-state index in [0.29, 0.717) is 40.6 Å². The van der Waals surface area contributed by atoms with Gasteiger partial charge in [0.1, 0.15) is 17.6 Å². The standard InChI is InChI=1S/C25H26Cl2N2O4/c1-14-11-16-12-15(5-8-20(16)33-14)23(30)21-22(18-7-6-17(26)13-19(18)27)29(25(32)24(21)31)10-4-9-28(2)3/h5-8,12-14,22,30H,4,9-11H2,1-3H3. The van der Waals surface area contributed by atoms with E-state index in [-0.39, 0.29) is 17.4 Å². The molecule has 6 nitrogen and oxygen atoms in total. The molecule has 8 heteroatoms. The van der Waals surface area contributed by atoms with Gasteiger partial charge in [-0.15, -0.1) is 0 Å². The first-order valence-electron chi connectivity index (χ1n) is 10.9. The minimum atomic E-state index is -0.805. The summed E-state index contributed by atoms with van der Waals surface area (Å²) in [6.45, 7) is 3.06. The van der Waals surface area contributed by atoms with E-state index >= 15 is 0 Å². The van der Waals surface area contributed by atoms with Crippen molar-refractivity contribution in [2.75, 3.05) is 27.2 Å². The quantitative estimate of drug-likeness (QED) is 0.362. The molecule has 1 fully saturated rings. The molecule has 1 N–H and O–H groups in total. The number of benzene rings is 2. The lowest BCUT2D eigenvalue weighted by atomic mass is 9.94. The van der Waals surface area contributed by atoms with Crippen molar-refractivity contribution in [2.45, 2.75) is 31.9 Å². The Bertz CT molecular complexity index is 1150. The maximum Gasteiger partial charge on any atom is 0.295 e. The first-order valence-corrected chi connectivity index (χ1v) is 11.6. The second kappa shape index (κ2) is 9.37. The summed E-state index contributed by atoms with van der Waals surface area (Å²) in [5.41, 5.74) is 1.99. The molecule has 0 saturated carbocycles. The Kier molecular flexibility index (Phi) is 6.71. The lowest BCUT2D eigenvalue weighted by Crippen LogP contribution is -2.32. The van der Waals surface area contributed by atoms with Crippen LogP contribution in [0.4, 0.5) is 0 Å². The summed E-state index contributed by atoms with van der Waals surface area (Å²) in [7, 11) is 3.89. The van der Waals surface area contributed by atoms with Gasteiger partial charge in [-0.1, -0.05) is 29.3 Å². The fraction of sp³-hybridized carbons (Fsp3) is 0.360. The summed E-state index contributed by atoms with van der Waals surface area (Å²) in [4.78, 5) is 29.7. The molecule has 0 spiro atoms. The van der Waals surface area contributed by atoms with Crippen molar-refractivity contribution < 1.29 is 19.4 Å². The number of carbonyl (C=O) groups excluding carboxylic acids is 2. The van der Waals surface area contributed by atoms with Crippen LogP contribution in [0, 0.1) is 0 Å². The lowest BCUT2D eigenvalue weighted by molar-refractivity contribution is -0.139. The number of fused-ring (bicyclic) bond motifs is 1. The van der Waals surface area contributed by atoms with Crippen LogP contribution < -0.4 is 4.74 Å². The highest BCUT2D eigenvalue weighted by atomic mass is 35.5. The minimum Gasteiger partial charge on any atom is -0.507 e. The number of ether oxygens (including phenoxy) is 1. The van der Waals surface area contributed by atoms with Crippen molar-refractivity contribution in [3.8, 4) is 5.75 Å². The molecule has 4 rings (SSSR count). The number of likely N-dealkylation sites (tertiary alicyclic amines) is 1. The molecule has 2 aliphatic heterocycles. The molecule has 2 atom stereocenters. The SMILES string of the molecule is CC1Cc2cc(C(O)=C3C(=O)C(=O)N(CCCN(C)C)C3c3ccc(Cl)cc3Cl)ccc2O1. The summed E-state index contributed by atoms with van der Waals surface area (Å²) < 4.78 is 5.74. The van der Waals surface area contributed by atoms with Crippen LogP contribution in [0.3, 0.4) is 0 Å². The lowest BCUT2D eigenvalue weighted by Gasteiger charge is -2.26. The summed E-state index contributed by atoms with van der Waals surface area (Å²) in [5, 5.41) is 12.0. The van der Waals surface area contributed by atoms with Crippen LogP contribution in [0.5, 0.6) is 5.75 Å². The number of rotatable bonds is 6. The van der Waals surface area contributed by atoms with Crippen LogP contribution in [0.1, 0.15) is 36.1 Å². The van der Waals surface area contributed by atoms with Crippen molar-refractivity contribution >= 4 is 40.7 Å². The Hall–Kier alpha value is -2.54. The van der Waals surface area contributed by atoms with Gasteiger partial charge in [-0.25, -0.2) is 0 Å². The molecule has 174 valence electrons. The van der Waals surface area contributed by atoms with Crippen molar-refractivity contribution in [3.05, 3.63) is 68.7 Å². The van der Waals surface area contributed by atoms with Gasteiger partial charge in [0.25, 0.3) is 11.7 Å². The van der Waals surface area contributed by atoms with Gasteiger partial charge < -0.3 is 19.6 Å². The van der Waals surface area contributed by atoms with E-state index in [1.807, 2.05) is 32.0 Å². The van der Waals surface area contributed by atoms with E-state index in [1.165, 1.54) is 4.90 Å². The first-order chi connectivity index (χ1) is 15.7. The summed E-state index contributed by atoms with van der Waals surface area (Å²) in [5.74, 6) is -0.828. The fourth-order valence-electron chi connectivity index (χ4n) is 4.44. The van der Waals surface area contributed by atoms with Crippen LogP contribution in [0.25, 0.3) is 5.76 Å². The Balaban J connectivity index is 1.81. The van der Waals surface area contributed by atoms with Crippen molar-refractivity contribution in [1.29, 1.82) is 0 Å². The molecule has 33 heavy (non-hydrogen) atoms. The number of ketones is 1. The molecule has 2 aliphatic rings. The smallest absolute Gasteiger partial charge is 0.295 e. The zero-order chi connectivity index (χ0) is 23.9. The third-order valence-corrected chi connectivity index (χ3v) is 6.53. The number of aliphatic hydroxyl groups is 1. The molecular formula is C25H26Cl2N2O4. The van der Waals surface area contributed by atoms with Crippen molar-refractivity contribution in [1.82, 2.24) is 9.80 Å². The van der Waals surface area contributed by atoms with Crippen LogP contribution in [-0.2, 0) is 16.0 Å². The number of halogens is 2. The topological polar surface area (TPSA) is 70.1 Å². The number of carbonyl (C=O) groups is 2. The maximum absolute atomic E-state index is 13.2. The predicted octanol–water partition coefficient (Wildman–Crippen LogP) is 4.69. The molecule has 1 saturated heterocycles. The van der Waals surface area contributed by atoms with Crippen LogP contribution >= 0.6 is 23.2 Å². The van der Waals surface area contributed by atoms with Gasteiger partial charge in [0.05, 0.1) is 11.6 Å². The predicted molar refractivity (Wildman–Crippen MR) is 129 cm³/mol. The van der Waals surface area contributed by atoms with Crippen LogP contribution in [-0.4, -0.2) is 59.9 Å². The van der Waals surface area contributed by atoms with Gasteiger partial charge in [0.15, 0.2) is 0 Å². The number of hydrogen-bond donors (Lipinski definition) is 1. The van der Waals surface area contributed by atoms with E-state index in [9.17, 15) is 14.7 Å². The van der Waals surface area contributed by atoms with Gasteiger partial charge in [-0.2, -0.15) is 0 Å². The number of Topliss-reactive ketones (excluding diaryl/α,β-unsaturated/α-hetero) is 1. The number of nitrogens with zero attached hydrogens (tertiary/aromatic N) is 2. The van der Waals surface area contributed by atoms with Gasteiger partial charge in [0, 0.05) is 28.6 Å². The Morgan fingerprint density at radius 3 is 2.64 bits per heavy atom. The normalized spacial score (nSPS) is 21.6. The van der Waals surface area contributed by atoms with E-state index in [0.717, 1.165) is 17.9 Å². The summed E-state index contributed by atoms with van der Waals surface area (Å²) in [6, 6.07) is 9.43. The fourth-order valence-corrected chi connectivity index (χ4v) is 4.95. The average Bonchev–Trinajstić information content (AvgIpc) is 3.24. The third kappa shape index (κ3) is 4.60. The molecule has 0 bridgehead atoms. The number of hydrogen-bond acceptors (Lipinski definition) is 5. The molecule has 0 aliphatic carbocycles. The summed E-state index contributed by atoms with van der Waals surface area (Å²) in [6.07, 6.45) is 1.42. The monoisotopic (exact) mass is 488 g/mol. The second-order valence-corrected chi connectivity index (χ2v) is 9.61. The van der Waals surface area contributed by atoms with E-state index in [2.05, 4.69) is 0 Å². The highest BCUT2D eigenvalue weighted by Gasteiger charge is 2.46. The zero-order valence-electron chi connectivity index (χ0n) is 18.8. The molecule has 0 radical (unpaired) electrons. The molecule has 2 aromatic carbocycles. The van der Waals surface area contributed by atoms with Gasteiger partial charge in [0.2, 0.25) is 0 Å². The molecular weight excluding hydrogens is 463 g/mol. The Morgan fingerprint density at radius 2 is 1.94 bits per heavy atom. The van der Waals surface area contributed by atoms with Gasteiger partial charge in [-0.05, 0) is 75.4 Å². The van der Waals surface area contributed by atoms with Gasteiger partial charge in [-0.3, -0.25) is 9.59 Å². The second-order valence-electron chi connectivity index (χ2n) is 8.77. The van der Waals surface area contributed by atoms with Crippen LogP contribution in [0.2, 0.25) is 10.0 Å². The maximum atomic E-state index is 13.2. The van der Waals surface area contributed by atoms with Crippen molar-refractivity contribution in [2.24, 2.45) is 0 Å². The largest absolute Gasteiger partial charge is 0.507 e. The minimum absolute atomic E-state index is 0.0287. The first kappa shape index (κ1) is 23.6. The summed E-state index contributed by atoms with van der Waals surface area (Å²) >= 11 is 12.6. The highest BCUT2D eigenvalue weighted by Crippen LogP contribution is 2.43. The van der Waals surface area contributed by atoms with Crippen LogP contribution in [0.15, 0.2) is 42.0 Å². The van der Waals surface area contributed by atoms with Crippen molar-refractivity contribution in [3.63, 3.8) is 0 Å². The van der Waals surface area contributed by atoms with E-state index in [4.69, 9.17) is 27.9 Å². The number of aliphatic hydroxyl groups excluding tert-OH is 1. The molecule has 1 amide bonds. The van der Waals surface area contributed by atoms with Gasteiger partial charge >= 0.3 is 0 Å². The highest BCUT2D eigenvalue weighted by molar-refractivity contribution is 6.47. The van der Waals surface area contributed by atoms with E-state index < -0.39 is 17.7 Å². The molecule has 2 aromatic rings. The average molecular weight is 489 g/mol. The Morgan fingerprint density at radius 1 is 1.18 bits per heavy atom. The zero-order valence-corrected chi connectivity index (χ0v) is 20.3. The third-order valence-electron chi connectivity index (χ3n) is 5.97. The molecule has 2 heterocycles.